The van der Waals surface area contributed by atoms with Crippen LogP contribution in [-0.4, -0.2) is 16.6 Å². The summed E-state index contributed by atoms with van der Waals surface area (Å²) in [5.74, 6) is 0. The second-order valence-electron chi connectivity index (χ2n) is 4.91. The maximum absolute atomic E-state index is 12.0. The van der Waals surface area contributed by atoms with Gasteiger partial charge in [0.15, 0.2) is 0 Å². The number of benzene rings is 1. The molecule has 5 nitrogen and oxygen atoms in total. The number of hydrogen-bond acceptors (Lipinski definition) is 2. The first-order valence-corrected chi connectivity index (χ1v) is 6.30. The first-order chi connectivity index (χ1) is 9.13. The molecule has 98 valence electrons. The number of carbonyl (C=O) groups excluding carboxylic acids is 1. The molecule has 0 bridgehead atoms. The van der Waals surface area contributed by atoms with Crippen LogP contribution in [0.1, 0.15) is 12.8 Å². The normalized spacial score (nSPS) is 14.4. The number of carbonyl (C=O) groups is 1. The molecule has 2 N–H and O–H groups in total. The van der Waals surface area contributed by atoms with Crippen LogP contribution in [0.5, 0.6) is 0 Å². The van der Waals surface area contributed by atoms with Crippen LogP contribution in [0.2, 0.25) is 0 Å². The first kappa shape index (κ1) is 11.8. The highest BCUT2D eigenvalue weighted by Crippen LogP contribution is 2.19. The number of rotatable bonds is 2. The fourth-order valence-electron chi connectivity index (χ4n) is 1.99. The van der Waals surface area contributed by atoms with E-state index in [2.05, 4.69) is 10.6 Å². The molecule has 1 saturated carbocycles. The summed E-state index contributed by atoms with van der Waals surface area (Å²) >= 11 is 0. The number of aromatic nitrogens is 1. The molecule has 2 aromatic rings. The summed E-state index contributed by atoms with van der Waals surface area (Å²) in [7, 11) is 1.71. The van der Waals surface area contributed by atoms with E-state index < -0.39 is 0 Å². The lowest BCUT2D eigenvalue weighted by atomic mass is 10.1. The average Bonchev–Trinajstić information content (AvgIpc) is 3.18. The Bertz CT molecular complexity index is 701. The van der Waals surface area contributed by atoms with Crippen molar-refractivity contribution in [2.24, 2.45) is 7.05 Å². The van der Waals surface area contributed by atoms with Crippen LogP contribution < -0.4 is 16.2 Å². The third kappa shape index (κ3) is 2.45. The number of amides is 2. The van der Waals surface area contributed by atoms with Gasteiger partial charge in [0.05, 0.1) is 0 Å². The fraction of sp³-hybridized carbons (Fsp3) is 0.286. The van der Waals surface area contributed by atoms with E-state index in [0.717, 1.165) is 18.2 Å². The predicted molar refractivity (Wildman–Crippen MR) is 74.4 cm³/mol. The van der Waals surface area contributed by atoms with E-state index >= 15 is 0 Å². The Morgan fingerprint density at radius 1 is 1.32 bits per heavy atom. The van der Waals surface area contributed by atoms with Gasteiger partial charge in [-0.2, -0.15) is 0 Å². The topological polar surface area (TPSA) is 63.1 Å². The molecule has 3 rings (SSSR count). The lowest BCUT2D eigenvalue weighted by Gasteiger charge is -2.08. The molecule has 1 fully saturated rings. The summed E-state index contributed by atoms with van der Waals surface area (Å²) in [6, 6.07) is 7.33. The molecule has 0 atom stereocenters. The SMILES string of the molecule is Cn1ccc2ccc(NC(=O)NC3CC3)cc2c1=O. The quantitative estimate of drug-likeness (QED) is 0.862. The van der Waals surface area contributed by atoms with E-state index in [4.69, 9.17) is 0 Å². The van der Waals surface area contributed by atoms with E-state index in [0.29, 0.717) is 17.1 Å². The Morgan fingerprint density at radius 2 is 2.11 bits per heavy atom. The molecule has 1 aromatic heterocycles. The van der Waals surface area contributed by atoms with Gasteiger partial charge in [0, 0.05) is 30.4 Å². The van der Waals surface area contributed by atoms with Crippen molar-refractivity contribution in [1.29, 1.82) is 0 Å². The molecule has 1 aliphatic rings. The fourth-order valence-corrected chi connectivity index (χ4v) is 1.99. The molecular formula is C14H15N3O2. The van der Waals surface area contributed by atoms with Crippen LogP contribution in [0.15, 0.2) is 35.3 Å². The van der Waals surface area contributed by atoms with Crippen molar-refractivity contribution in [1.82, 2.24) is 9.88 Å². The average molecular weight is 257 g/mol. The highest BCUT2D eigenvalue weighted by Gasteiger charge is 2.23. The minimum atomic E-state index is -0.213. The highest BCUT2D eigenvalue weighted by atomic mass is 16.2. The minimum Gasteiger partial charge on any atom is -0.335 e. The van der Waals surface area contributed by atoms with E-state index in [1.54, 1.807) is 25.4 Å². The lowest BCUT2D eigenvalue weighted by molar-refractivity contribution is 0.251. The molecule has 1 aliphatic carbocycles. The van der Waals surface area contributed by atoms with Gasteiger partial charge in [-0.05, 0) is 36.4 Å². The summed E-state index contributed by atoms with van der Waals surface area (Å²) < 4.78 is 1.52. The number of nitrogens with one attached hydrogen (secondary N) is 2. The standard InChI is InChI=1S/C14H15N3O2/c1-17-7-6-9-2-3-11(8-12(9)13(17)18)16-14(19)15-10-4-5-10/h2-3,6-8,10H,4-5H2,1H3,(H2,15,16,19). The second kappa shape index (κ2) is 4.42. The summed E-state index contributed by atoms with van der Waals surface area (Å²) in [5.41, 5.74) is 0.567. The number of hydrogen-bond donors (Lipinski definition) is 2. The van der Waals surface area contributed by atoms with E-state index in [-0.39, 0.29) is 11.6 Å². The summed E-state index contributed by atoms with van der Waals surface area (Å²) in [6.07, 6.45) is 3.83. The van der Waals surface area contributed by atoms with Crippen LogP contribution in [-0.2, 0) is 7.05 Å². The van der Waals surface area contributed by atoms with Crippen molar-refractivity contribution in [2.45, 2.75) is 18.9 Å². The highest BCUT2D eigenvalue weighted by molar-refractivity contribution is 5.93. The number of pyridine rings is 1. The zero-order valence-electron chi connectivity index (χ0n) is 10.6. The van der Waals surface area contributed by atoms with Crippen LogP contribution in [0.25, 0.3) is 10.8 Å². The summed E-state index contributed by atoms with van der Waals surface area (Å²) in [6.45, 7) is 0. The molecule has 5 heteroatoms. The van der Waals surface area contributed by atoms with Crippen LogP contribution in [0.3, 0.4) is 0 Å². The van der Waals surface area contributed by atoms with Crippen molar-refractivity contribution in [3.8, 4) is 0 Å². The van der Waals surface area contributed by atoms with Gasteiger partial charge in [-0.1, -0.05) is 6.07 Å². The third-order valence-electron chi connectivity index (χ3n) is 3.25. The number of anilines is 1. The third-order valence-corrected chi connectivity index (χ3v) is 3.25. The van der Waals surface area contributed by atoms with Gasteiger partial charge in [0.2, 0.25) is 0 Å². The number of urea groups is 1. The maximum atomic E-state index is 12.0. The Balaban J connectivity index is 1.89. The van der Waals surface area contributed by atoms with Crippen LogP contribution in [0, 0.1) is 0 Å². The molecule has 1 aromatic carbocycles. The van der Waals surface area contributed by atoms with Crippen molar-refractivity contribution < 1.29 is 4.79 Å². The van der Waals surface area contributed by atoms with Gasteiger partial charge < -0.3 is 15.2 Å². The molecule has 0 unspecified atom stereocenters. The van der Waals surface area contributed by atoms with Crippen molar-refractivity contribution in [3.63, 3.8) is 0 Å². The zero-order valence-corrected chi connectivity index (χ0v) is 10.6. The van der Waals surface area contributed by atoms with Crippen molar-refractivity contribution >= 4 is 22.5 Å². The minimum absolute atomic E-state index is 0.0660. The second-order valence-corrected chi connectivity index (χ2v) is 4.91. The number of nitrogens with zero attached hydrogens (tertiary/aromatic N) is 1. The van der Waals surface area contributed by atoms with Crippen molar-refractivity contribution in [3.05, 3.63) is 40.8 Å². The van der Waals surface area contributed by atoms with E-state index in [9.17, 15) is 9.59 Å². The van der Waals surface area contributed by atoms with Crippen LogP contribution in [0.4, 0.5) is 10.5 Å². The molecule has 2 amide bonds. The molecule has 0 spiro atoms. The molecule has 1 heterocycles. The molecule has 0 radical (unpaired) electrons. The number of aryl methyl sites for hydroxylation is 1. The Kier molecular flexibility index (Phi) is 2.74. The van der Waals surface area contributed by atoms with Gasteiger partial charge >= 0.3 is 6.03 Å². The van der Waals surface area contributed by atoms with Gasteiger partial charge in [-0.25, -0.2) is 4.79 Å². The Labute approximate surface area is 110 Å². The van der Waals surface area contributed by atoms with Gasteiger partial charge in [-0.3, -0.25) is 4.79 Å². The maximum Gasteiger partial charge on any atom is 0.319 e. The van der Waals surface area contributed by atoms with E-state index in [1.165, 1.54) is 4.57 Å². The first-order valence-electron chi connectivity index (χ1n) is 6.30. The van der Waals surface area contributed by atoms with Gasteiger partial charge in [0.1, 0.15) is 0 Å². The van der Waals surface area contributed by atoms with Crippen LogP contribution >= 0.6 is 0 Å². The molecule has 0 saturated heterocycles. The molecule has 19 heavy (non-hydrogen) atoms. The van der Waals surface area contributed by atoms with Gasteiger partial charge in [-0.15, -0.1) is 0 Å². The Hall–Kier alpha value is -2.30. The van der Waals surface area contributed by atoms with Crippen molar-refractivity contribution in [2.75, 3.05) is 5.32 Å². The van der Waals surface area contributed by atoms with E-state index in [1.807, 2.05) is 12.1 Å². The lowest BCUT2D eigenvalue weighted by Crippen LogP contribution is -2.30. The smallest absolute Gasteiger partial charge is 0.319 e. The molecule has 0 aliphatic heterocycles. The number of fused-ring (bicyclic) bond motifs is 1. The monoisotopic (exact) mass is 257 g/mol. The summed E-state index contributed by atoms with van der Waals surface area (Å²) in [5, 5.41) is 7.07. The largest absolute Gasteiger partial charge is 0.335 e. The molecular weight excluding hydrogens is 242 g/mol. The zero-order chi connectivity index (χ0) is 13.4. The Morgan fingerprint density at radius 3 is 2.84 bits per heavy atom. The van der Waals surface area contributed by atoms with Gasteiger partial charge in [0.25, 0.3) is 5.56 Å². The summed E-state index contributed by atoms with van der Waals surface area (Å²) in [4.78, 5) is 23.6. The predicted octanol–water partition coefficient (Wildman–Crippen LogP) is 1.82.